The number of carbonyl (C=O) groups excluding carboxylic acids is 1. The first-order valence-corrected chi connectivity index (χ1v) is 5.44. The summed E-state index contributed by atoms with van der Waals surface area (Å²) in [6.45, 7) is 7.66. The summed E-state index contributed by atoms with van der Waals surface area (Å²) >= 11 is 0. The summed E-state index contributed by atoms with van der Waals surface area (Å²) in [4.78, 5) is 15.7. The van der Waals surface area contributed by atoms with E-state index in [1.54, 1.807) is 4.90 Å². The van der Waals surface area contributed by atoms with Crippen LogP contribution in [0.25, 0.3) is 0 Å². The van der Waals surface area contributed by atoms with Gasteiger partial charge in [-0.1, -0.05) is 0 Å². The van der Waals surface area contributed by atoms with Crippen molar-refractivity contribution in [3.05, 3.63) is 0 Å². The first-order valence-electron chi connectivity index (χ1n) is 5.44. The second-order valence-corrected chi connectivity index (χ2v) is 5.30. The Morgan fingerprint density at radius 2 is 2.07 bits per heavy atom. The lowest BCUT2D eigenvalue weighted by Gasteiger charge is -2.28. The molecule has 88 valence electrons. The lowest BCUT2D eigenvalue weighted by molar-refractivity contribution is 0.0230. The Hall–Kier alpha value is -0.770. The molecule has 1 aliphatic rings. The van der Waals surface area contributed by atoms with Crippen molar-refractivity contribution in [2.24, 2.45) is 0 Å². The van der Waals surface area contributed by atoms with Crippen molar-refractivity contribution in [3.63, 3.8) is 0 Å². The monoisotopic (exact) mass is 214 g/mol. The van der Waals surface area contributed by atoms with E-state index in [-0.39, 0.29) is 6.09 Å². The van der Waals surface area contributed by atoms with Gasteiger partial charge < -0.3 is 14.5 Å². The van der Waals surface area contributed by atoms with Crippen molar-refractivity contribution >= 4 is 6.09 Å². The molecule has 1 fully saturated rings. The van der Waals surface area contributed by atoms with E-state index in [4.69, 9.17) is 4.74 Å². The zero-order chi connectivity index (χ0) is 11.6. The minimum atomic E-state index is -0.407. The van der Waals surface area contributed by atoms with Crippen LogP contribution < -0.4 is 0 Å². The lowest BCUT2D eigenvalue weighted by Crippen LogP contribution is -2.41. The Labute approximate surface area is 92.2 Å². The van der Waals surface area contributed by atoms with Gasteiger partial charge >= 0.3 is 6.09 Å². The highest BCUT2D eigenvalue weighted by Crippen LogP contribution is 2.16. The van der Waals surface area contributed by atoms with Gasteiger partial charge in [-0.15, -0.1) is 0 Å². The van der Waals surface area contributed by atoms with E-state index in [9.17, 15) is 4.79 Å². The maximum absolute atomic E-state index is 11.7. The SMILES string of the molecule is CN1CC[C@@H](N(C)C(=O)OC(C)(C)C)C1. The summed E-state index contributed by atoms with van der Waals surface area (Å²) in [5.74, 6) is 0. The molecule has 1 heterocycles. The fourth-order valence-corrected chi connectivity index (χ4v) is 1.71. The van der Waals surface area contributed by atoms with E-state index in [1.165, 1.54) is 0 Å². The molecule has 1 saturated heterocycles. The molecule has 0 aliphatic carbocycles. The van der Waals surface area contributed by atoms with Crippen LogP contribution in [0.5, 0.6) is 0 Å². The Morgan fingerprint density at radius 3 is 2.47 bits per heavy atom. The Balaban J connectivity index is 2.46. The lowest BCUT2D eigenvalue weighted by atomic mass is 10.2. The highest BCUT2D eigenvalue weighted by Gasteiger charge is 2.29. The van der Waals surface area contributed by atoms with E-state index in [0.29, 0.717) is 6.04 Å². The van der Waals surface area contributed by atoms with Gasteiger partial charge in [-0.05, 0) is 40.8 Å². The Bertz CT molecular complexity index is 235. The van der Waals surface area contributed by atoms with Gasteiger partial charge in [0.1, 0.15) is 5.60 Å². The second kappa shape index (κ2) is 4.39. The fourth-order valence-electron chi connectivity index (χ4n) is 1.71. The van der Waals surface area contributed by atoms with Crippen LogP contribution in [0.15, 0.2) is 0 Å². The topological polar surface area (TPSA) is 32.8 Å². The molecule has 4 heteroatoms. The quantitative estimate of drug-likeness (QED) is 0.664. The molecule has 1 rings (SSSR count). The molecule has 0 radical (unpaired) electrons. The molecule has 0 spiro atoms. The third-order valence-electron chi connectivity index (χ3n) is 2.60. The number of rotatable bonds is 1. The molecule has 0 aromatic carbocycles. The standard InChI is InChI=1S/C11H22N2O2/c1-11(2,3)15-10(14)13(5)9-6-7-12(4)8-9/h9H,6-8H2,1-5H3/t9-/m1/s1. The summed E-state index contributed by atoms with van der Waals surface area (Å²) in [7, 11) is 3.89. The van der Waals surface area contributed by atoms with Gasteiger partial charge in [-0.3, -0.25) is 0 Å². The van der Waals surface area contributed by atoms with E-state index in [0.717, 1.165) is 19.5 Å². The fraction of sp³-hybridized carbons (Fsp3) is 0.909. The third-order valence-corrected chi connectivity index (χ3v) is 2.60. The van der Waals surface area contributed by atoms with Crippen LogP contribution in [0.1, 0.15) is 27.2 Å². The van der Waals surface area contributed by atoms with Crippen LogP contribution in [-0.4, -0.2) is 54.7 Å². The van der Waals surface area contributed by atoms with Gasteiger partial charge in [0.05, 0.1) is 0 Å². The molecule has 0 unspecified atom stereocenters. The number of ether oxygens (including phenoxy) is 1. The minimum absolute atomic E-state index is 0.220. The molecule has 0 N–H and O–H groups in total. The van der Waals surface area contributed by atoms with E-state index < -0.39 is 5.60 Å². The van der Waals surface area contributed by atoms with Crippen molar-refractivity contribution in [1.29, 1.82) is 0 Å². The molecule has 0 aromatic rings. The number of nitrogens with zero attached hydrogens (tertiary/aromatic N) is 2. The summed E-state index contributed by atoms with van der Waals surface area (Å²) in [5.41, 5.74) is -0.407. The number of hydrogen-bond donors (Lipinski definition) is 0. The molecule has 1 aliphatic heterocycles. The number of amides is 1. The van der Waals surface area contributed by atoms with Gasteiger partial charge in [0.25, 0.3) is 0 Å². The van der Waals surface area contributed by atoms with Crippen LogP contribution in [0.3, 0.4) is 0 Å². The maximum Gasteiger partial charge on any atom is 0.410 e. The van der Waals surface area contributed by atoms with Crippen LogP contribution in [0.2, 0.25) is 0 Å². The summed E-state index contributed by atoms with van der Waals surface area (Å²) < 4.78 is 5.32. The summed E-state index contributed by atoms with van der Waals surface area (Å²) in [6.07, 6.45) is 0.814. The van der Waals surface area contributed by atoms with Crippen molar-refractivity contribution in [1.82, 2.24) is 9.80 Å². The average Bonchev–Trinajstić information content (AvgIpc) is 2.47. The highest BCUT2D eigenvalue weighted by molar-refractivity contribution is 5.68. The average molecular weight is 214 g/mol. The van der Waals surface area contributed by atoms with Gasteiger partial charge in [0, 0.05) is 19.6 Å². The first-order chi connectivity index (χ1) is 6.79. The van der Waals surface area contributed by atoms with Gasteiger partial charge in [-0.2, -0.15) is 0 Å². The largest absolute Gasteiger partial charge is 0.444 e. The number of hydrogen-bond acceptors (Lipinski definition) is 3. The summed E-state index contributed by atoms with van der Waals surface area (Å²) in [5, 5.41) is 0. The molecule has 1 amide bonds. The van der Waals surface area contributed by atoms with Crippen molar-refractivity contribution in [3.8, 4) is 0 Å². The summed E-state index contributed by atoms with van der Waals surface area (Å²) in [6, 6.07) is 0.296. The van der Waals surface area contributed by atoms with Crippen molar-refractivity contribution in [2.45, 2.75) is 38.8 Å². The van der Waals surface area contributed by atoms with Crippen LogP contribution in [0, 0.1) is 0 Å². The molecular formula is C11H22N2O2. The molecule has 0 bridgehead atoms. The zero-order valence-electron chi connectivity index (χ0n) is 10.4. The van der Waals surface area contributed by atoms with Crippen molar-refractivity contribution < 1.29 is 9.53 Å². The van der Waals surface area contributed by atoms with Crippen LogP contribution in [0.4, 0.5) is 4.79 Å². The Morgan fingerprint density at radius 1 is 1.47 bits per heavy atom. The molecule has 15 heavy (non-hydrogen) atoms. The number of likely N-dealkylation sites (tertiary alicyclic amines) is 1. The normalized spacial score (nSPS) is 22.9. The zero-order valence-corrected chi connectivity index (χ0v) is 10.4. The van der Waals surface area contributed by atoms with Crippen LogP contribution >= 0.6 is 0 Å². The Kier molecular flexibility index (Phi) is 3.60. The first kappa shape index (κ1) is 12.3. The molecule has 0 aromatic heterocycles. The smallest absolute Gasteiger partial charge is 0.410 e. The van der Waals surface area contributed by atoms with Crippen molar-refractivity contribution in [2.75, 3.05) is 27.2 Å². The highest BCUT2D eigenvalue weighted by atomic mass is 16.6. The predicted octanol–water partition coefficient (Wildman–Crippen LogP) is 1.56. The predicted molar refractivity (Wildman–Crippen MR) is 59.9 cm³/mol. The second-order valence-electron chi connectivity index (χ2n) is 5.30. The minimum Gasteiger partial charge on any atom is -0.444 e. The molecular weight excluding hydrogens is 192 g/mol. The number of carbonyl (C=O) groups is 1. The van der Waals surface area contributed by atoms with E-state index >= 15 is 0 Å². The molecule has 1 atom stereocenters. The molecule has 0 saturated carbocycles. The molecule has 4 nitrogen and oxygen atoms in total. The number of likely N-dealkylation sites (N-methyl/N-ethyl adjacent to an activating group) is 2. The van der Waals surface area contributed by atoms with Gasteiger partial charge in [0.2, 0.25) is 0 Å². The van der Waals surface area contributed by atoms with E-state index in [2.05, 4.69) is 11.9 Å². The third kappa shape index (κ3) is 3.70. The van der Waals surface area contributed by atoms with E-state index in [1.807, 2.05) is 27.8 Å². The van der Waals surface area contributed by atoms with Crippen LogP contribution in [-0.2, 0) is 4.74 Å². The maximum atomic E-state index is 11.7. The van der Waals surface area contributed by atoms with Gasteiger partial charge in [0.15, 0.2) is 0 Å². The van der Waals surface area contributed by atoms with Gasteiger partial charge in [-0.25, -0.2) is 4.79 Å².